The monoisotopic (exact) mass is 338 g/mol. The first kappa shape index (κ1) is 18.1. The van der Waals surface area contributed by atoms with Crippen LogP contribution >= 0.6 is 0 Å². The molecule has 1 aliphatic heterocycles. The predicted octanol–water partition coefficient (Wildman–Crippen LogP) is 3.74. The van der Waals surface area contributed by atoms with E-state index in [4.69, 9.17) is 9.31 Å². The van der Waals surface area contributed by atoms with E-state index in [-0.39, 0.29) is 16.6 Å². The van der Waals surface area contributed by atoms with Gasteiger partial charge >= 0.3 is 7.12 Å². The lowest BCUT2D eigenvalue weighted by Crippen LogP contribution is -2.41. The van der Waals surface area contributed by atoms with E-state index in [1.807, 2.05) is 33.8 Å². The van der Waals surface area contributed by atoms with Gasteiger partial charge in [0.25, 0.3) is 0 Å². The second-order valence-electron chi connectivity index (χ2n) is 8.72. The Bertz CT molecular complexity index is 748. The molecule has 1 fully saturated rings. The second-order valence-corrected chi connectivity index (χ2v) is 8.72. The van der Waals surface area contributed by atoms with Gasteiger partial charge in [0.15, 0.2) is 5.82 Å². The van der Waals surface area contributed by atoms with Gasteiger partial charge in [-0.3, -0.25) is 0 Å². The molecule has 3 rings (SSSR count). The lowest BCUT2D eigenvalue weighted by molar-refractivity contribution is 0.00578. The van der Waals surface area contributed by atoms with Crippen molar-refractivity contribution in [2.24, 2.45) is 0 Å². The van der Waals surface area contributed by atoms with Gasteiger partial charge in [-0.15, -0.1) is 0 Å². The van der Waals surface area contributed by atoms with Gasteiger partial charge in [0.1, 0.15) is 0 Å². The van der Waals surface area contributed by atoms with Gasteiger partial charge in [-0.1, -0.05) is 45.0 Å². The van der Waals surface area contributed by atoms with Crippen molar-refractivity contribution in [1.29, 1.82) is 0 Å². The molecule has 0 bridgehead atoms. The largest absolute Gasteiger partial charge is 0.514 e. The summed E-state index contributed by atoms with van der Waals surface area (Å²) in [5.41, 5.74) is 2.41. The molecule has 25 heavy (non-hydrogen) atoms. The van der Waals surface area contributed by atoms with Crippen LogP contribution in [0, 0.1) is 0 Å². The fourth-order valence-corrected chi connectivity index (χ4v) is 2.73. The number of hydrogen-bond donors (Lipinski definition) is 0. The van der Waals surface area contributed by atoms with E-state index >= 15 is 0 Å². The minimum atomic E-state index is -0.472. The normalized spacial score (nSPS) is 19.2. The number of aromatic nitrogens is 2. The fourth-order valence-electron chi connectivity index (χ4n) is 2.73. The maximum Gasteiger partial charge on any atom is 0.514 e. The summed E-state index contributed by atoms with van der Waals surface area (Å²) >= 11 is 0. The van der Waals surface area contributed by atoms with Crippen molar-refractivity contribution in [2.75, 3.05) is 0 Å². The Hall–Kier alpha value is -1.72. The van der Waals surface area contributed by atoms with E-state index in [2.05, 4.69) is 55.0 Å². The first-order valence-electron chi connectivity index (χ1n) is 8.79. The minimum absolute atomic E-state index is 0.129. The quantitative estimate of drug-likeness (QED) is 0.783. The van der Waals surface area contributed by atoms with Crippen molar-refractivity contribution in [1.82, 2.24) is 9.97 Å². The number of benzene rings is 1. The SMILES string of the molecule is CC(C)(C)c1ccc(-c2nccc(B3OC(C)(C)C(C)(C)O3)n2)cc1. The maximum absolute atomic E-state index is 6.09. The Morgan fingerprint density at radius 2 is 1.44 bits per heavy atom. The summed E-state index contributed by atoms with van der Waals surface area (Å²) in [6.45, 7) is 14.8. The summed E-state index contributed by atoms with van der Waals surface area (Å²) in [7, 11) is -0.472. The van der Waals surface area contributed by atoms with Crippen LogP contribution in [0.4, 0.5) is 0 Å². The Kier molecular flexibility index (Phi) is 4.29. The molecule has 0 N–H and O–H groups in total. The Labute approximate surface area is 151 Å². The lowest BCUT2D eigenvalue weighted by atomic mass is 9.84. The Morgan fingerprint density at radius 1 is 0.880 bits per heavy atom. The molecule has 0 spiro atoms. The van der Waals surface area contributed by atoms with E-state index in [1.165, 1.54) is 5.56 Å². The Balaban J connectivity index is 1.88. The molecule has 0 saturated carbocycles. The third-order valence-corrected chi connectivity index (χ3v) is 5.18. The smallest absolute Gasteiger partial charge is 0.398 e. The van der Waals surface area contributed by atoms with Crippen LogP contribution < -0.4 is 5.59 Å². The van der Waals surface area contributed by atoms with E-state index in [1.54, 1.807) is 6.20 Å². The summed E-state index contributed by atoms with van der Waals surface area (Å²) in [5.74, 6) is 0.688. The van der Waals surface area contributed by atoms with Crippen molar-refractivity contribution in [3.63, 3.8) is 0 Å². The molecule has 1 aliphatic rings. The van der Waals surface area contributed by atoms with Crippen LogP contribution in [-0.2, 0) is 14.7 Å². The van der Waals surface area contributed by atoms with Crippen molar-refractivity contribution in [3.05, 3.63) is 42.1 Å². The van der Waals surface area contributed by atoms with Crippen LogP contribution in [0.3, 0.4) is 0 Å². The van der Waals surface area contributed by atoms with Crippen LogP contribution in [0.15, 0.2) is 36.5 Å². The topological polar surface area (TPSA) is 44.2 Å². The molecule has 1 aromatic carbocycles. The molecule has 0 unspecified atom stereocenters. The van der Waals surface area contributed by atoms with E-state index in [9.17, 15) is 0 Å². The van der Waals surface area contributed by atoms with Gasteiger partial charge in [-0.2, -0.15) is 0 Å². The highest BCUT2D eigenvalue weighted by Crippen LogP contribution is 2.36. The van der Waals surface area contributed by atoms with E-state index < -0.39 is 7.12 Å². The third kappa shape index (κ3) is 3.49. The molecule has 1 saturated heterocycles. The zero-order valence-electron chi connectivity index (χ0n) is 16.3. The van der Waals surface area contributed by atoms with Crippen molar-refractivity contribution < 1.29 is 9.31 Å². The van der Waals surface area contributed by atoms with Gasteiger partial charge in [-0.25, -0.2) is 9.97 Å². The number of nitrogens with zero attached hydrogens (tertiary/aromatic N) is 2. The zero-order valence-corrected chi connectivity index (χ0v) is 16.3. The van der Waals surface area contributed by atoms with Crippen LogP contribution in [0.25, 0.3) is 11.4 Å². The van der Waals surface area contributed by atoms with Crippen molar-refractivity contribution >= 4 is 12.7 Å². The molecule has 5 heteroatoms. The highest BCUT2D eigenvalue weighted by Gasteiger charge is 2.52. The summed E-state index contributed by atoms with van der Waals surface area (Å²) in [4.78, 5) is 9.11. The average molecular weight is 338 g/mol. The van der Waals surface area contributed by atoms with Gasteiger partial charge in [-0.05, 0) is 44.7 Å². The molecule has 2 aromatic rings. The van der Waals surface area contributed by atoms with Crippen LogP contribution in [0.2, 0.25) is 0 Å². The average Bonchev–Trinajstić information content (AvgIpc) is 2.75. The third-order valence-electron chi connectivity index (χ3n) is 5.18. The summed E-state index contributed by atoms with van der Waals surface area (Å²) in [5, 5.41) is 0. The van der Waals surface area contributed by atoms with E-state index in [0.29, 0.717) is 5.82 Å². The van der Waals surface area contributed by atoms with Crippen molar-refractivity contribution in [3.8, 4) is 11.4 Å². The maximum atomic E-state index is 6.09. The molecule has 0 aliphatic carbocycles. The summed E-state index contributed by atoms with van der Waals surface area (Å²) in [6.07, 6.45) is 1.76. The van der Waals surface area contributed by atoms with Gasteiger partial charge in [0, 0.05) is 11.8 Å². The molecule has 0 radical (unpaired) electrons. The molecule has 2 heterocycles. The number of rotatable bonds is 2. The van der Waals surface area contributed by atoms with E-state index in [0.717, 1.165) is 11.2 Å². The van der Waals surface area contributed by atoms with Crippen LogP contribution in [-0.4, -0.2) is 28.3 Å². The standard InChI is InChI=1S/C20H27BN2O2/c1-18(2,3)15-10-8-14(9-11-15)17-22-13-12-16(23-17)21-24-19(4,5)20(6,7)25-21/h8-13H,1-7H3. The molecule has 0 amide bonds. The fraction of sp³-hybridized carbons (Fsp3) is 0.500. The predicted molar refractivity (Wildman–Crippen MR) is 102 cm³/mol. The molecule has 132 valence electrons. The summed E-state index contributed by atoms with van der Waals surface area (Å²) in [6, 6.07) is 10.3. The Morgan fingerprint density at radius 3 is 1.96 bits per heavy atom. The highest BCUT2D eigenvalue weighted by atomic mass is 16.7. The van der Waals surface area contributed by atoms with Gasteiger partial charge < -0.3 is 9.31 Å². The first-order valence-corrected chi connectivity index (χ1v) is 8.79. The molecule has 0 atom stereocenters. The number of hydrogen-bond acceptors (Lipinski definition) is 4. The summed E-state index contributed by atoms with van der Waals surface area (Å²) < 4.78 is 12.2. The van der Waals surface area contributed by atoms with Crippen LogP contribution in [0.1, 0.15) is 54.0 Å². The van der Waals surface area contributed by atoms with Gasteiger partial charge in [0.2, 0.25) is 0 Å². The zero-order chi connectivity index (χ0) is 18.5. The first-order chi connectivity index (χ1) is 11.5. The minimum Gasteiger partial charge on any atom is -0.398 e. The molecular weight excluding hydrogens is 311 g/mol. The van der Waals surface area contributed by atoms with Gasteiger partial charge in [0.05, 0.1) is 16.8 Å². The highest BCUT2D eigenvalue weighted by molar-refractivity contribution is 6.61. The second kappa shape index (κ2) is 5.92. The van der Waals surface area contributed by atoms with Crippen LogP contribution in [0.5, 0.6) is 0 Å². The van der Waals surface area contributed by atoms with Crippen molar-refractivity contribution in [2.45, 2.75) is 65.1 Å². The molecule has 4 nitrogen and oxygen atoms in total. The lowest BCUT2D eigenvalue weighted by Gasteiger charge is -2.32. The molecule has 1 aromatic heterocycles. The molecular formula is C20H27BN2O2.